The van der Waals surface area contributed by atoms with Crippen molar-refractivity contribution >= 4 is 51.6 Å². The van der Waals surface area contributed by atoms with Gasteiger partial charge in [0.05, 0.1) is 12.3 Å². The molecule has 9 heteroatoms. The number of fused-ring (bicyclic) bond motifs is 1. The summed E-state index contributed by atoms with van der Waals surface area (Å²) in [7, 11) is 0. The highest BCUT2D eigenvalue weighted by Crippen LogP contribution is 2.21. The first-order valence-electron chi connectivity index (χ1n) is 10.4. The third-order valence-electron chi connectivity index (χ3n) is 4.97. The van der Waals surface area contributed by atoms with Crippen LogP contribution in [0.5, 0.6) is 0 Å². The van der Waals surface area contributed by atoms with Crippen molar-refractivity contribution in [3.8, 4) is 0 Å². The summed E-state index contributed by atoms with van der Waals surface area (Å²) < 4.78 is 1.88. The lowest BCUT2D eigenvalue weighted by atomic mass is 10.1. The van der Waals surface area contributed by atoms with Gasteiger partial charge < -0.3 is 15.2 Å². The summed E-state index contributed by atoms with van der Waals surface area (Å²) in [5.41, 5.74) is 1.23. The van der Waals surface area contributed by atoms with Crippen LogP contribution in [-0.4, -0.2) is 32.3 Å². The highest BCUT2D eigenvalue weighted by atomic mass is 35.5. The van der Waals surface area contributed by atoms with Gasteiger partial charge in [-0.3, -0.25) is 9.59 Å². The SMILES string of the molecule is CCn1c(CNC(=O)c2cccc(Cl)c2)nnc1SCC(=O)Nc1ccc2ccccc2c1. The molecule has 3 aromatic carbocycles. The van der Waals surface area contributed by atoms with Crippen molar-refractivity contribution in [2.45, 2.75) is 25.2 Å². The van der Waals surface area contributed by atoms with E-state index in [1.165, 1.54) is 11.8 Å². The molecule has 0 saturated heterocycles. The smallest absolute Gasteiger partial charge is 0.251 e. The van der Waals surface area contributed by atoms with Crippen LogP contribution in [0.2, 0.25) is 5.02 Å². The predicted octanol–water partition coefficient (Wildman–Crippen LogP) is 4.77. The van der Waals surface area contributed by atoms with Crippen molar-refractivity contribution in [2.24, 2.45) is 0 Å². The van der Waals surface area contributed by atoms with Gasteiger partial charge in [-0.15, -0.1) is 10.2 Å². The van der Waals surface area contributed by atoms with E-state index in [1.807, 2.05) is 54.0 Å². The van der Waals surface area contributed by atoms with Crippen molar-refractivity contribution in [1.29, 1.82) is 0 Å². The number of hydrogen-bond acceptors (Lipinski definition) is 5. The summed E-state index contributed by atoms with van der Waals surface area (Å²) in [6.45, 7) is 2.80. The lowest BCUT2D eigenvalue weighted by molar-refractivity contribution is -0.113. The molecule has 1 aromatic heterocycles. The van der Waals surface area contributed by atoms with Crippen LogP contribution in [0.4, 0.5) is 5.69 Å². The van der Waals surface area contributed by atoms with Crippen LogP contribution in [0.1, 0.15) is 23.1 Å². The van der Waals surface area contributed by atoms with Crippen LogP contribution >= 0.6 is 23.4 Å². The van der Waals surface area contributed by atoms with Gasteiger partial charge in [-0.05, 0) is 48.0 Å². The number of hydrogen-bond donors (Lipinski definition) is 2. The molecule has 0 bridgehead atoms. The summed E-state index contributed by atoms with van der Waals surface area (Å²) in [6, 6.07) is 20.6. The maximum Gasteiger partial charge on any atom is 0.251 e. The molecular weight excluding hydrogens is 458 g/mol. The van der Waals surface area contributed by atoms with E-state index in [-0.39, 0.29) is 24.1 Å². The molecule has 4 aromatic rings. The van der Waals surface area contributed by atoms with Gasteiger partial charge in [0.1, 0.15) is 0 Å². The number of nitrogens with one attached hydrogen (secondary N) is 2. The molecule has 0 spiro atoms. The Morgan fingerprint density at radius 3 is 2.61 bits per heavy atom. The fraction of sp³-hybridized carbons (Fsp3) is 0.167. The van der Waals surface area contributed by atoms with Gasteiger partial charge in [0.25, 0.3) is 5.91 Å². The second kappa shape index (κ2) is 10.5. The number of anilines is 1. The van der Waals surface area contributed by atoms with Gasteiger partial charge in [-0.2, -0.15) is 0 Å². The van der Waals surface area contributed by atoms with Crippen LogP contribution in [0, 0.1) is 0 Å². The Morgan fingerprint density at radius 1 is 1.00 bits per heavy atom. The molecule has 0 aliphatic carbocycles. The lowest BCUT2D eigenvalue weighted by Gasteiger charge is -2.09. The first-order chi connectivity index (χ1) is 16.0. The number of nitrogens with zero attached hydrogens (tertiary/aromatic N) is 3. The van der Waals surface area contributed by atoms with Crippen LogP contribution in [-0.2, 0) is 17.9 Å². The molecule has 0 radical (unpaired) electrons. The first-order valence-corrected chi connectivity index (χ1v) is 11.8. The maximum absolute atomic E-state index is 12.5. The van der Waals surface area contributed by atoms with Gasteiger partial charge in [-0.25, -0.2) is 0 Å². The van der Waals surface area contributed by atoms with Gasteiger partial charge in [0.2, 0.25) is 5.91 Å². The summed E-state index contributed by atoms with van der Waals surface area (Å²) in [6.07, 6.45) is 0. The predicted molar refractivity (Wildman–Crippen MR) is 132 cm³/mol. The zero-order valence-electron chi connectivity index (χ0n) is 17.9. The topological polar surface area (TPSA) is 88.9 Å². The zero-order valence-corrected chi connectivity index (χ0v) is 19.5. The van der Waals surface area contributed by atoms with E-state index in [1.54, 1.807) is 24.3 Å². The number of carbonyl (C=O) groups excluding carboxylic acids is 2. The lowest BCUT2D eigenvalue weighted by Crippen LogP contribution is -2.24. The average Bonchev–Trinajstić information content (AvgIpc) is 3.23. The van der Waals surface area contributed by atoms with E-state index in [4.69, 9.17) is 11.6 Å². The van der Waals surface area contributed by atoms with Gasteiger partial charge >= 0.3 is 0 Å². The van der Waals surface area contributed by atoms with E-state index >= 15 is 0 Å². The minimum atomic E-state index is -0.243. The molecule has 0 fully saturated rings. The minimum Gasteiger partial charge on any atom is -0.345 e. The van der Waals surface area contributed by atoms with E-state index in [0.29, 0.717) is 28.1 Å². The fourth-order valence-electron chi connectivity index (χ4n) is 3.36. The number of rotatable bonds is 8. The number of amides is 2. The Labute approximate surface area is 200 Å². The summed E-state index contributed by atoms with van der Waals surface area (Å²) in [4.78, 5) is 24.8. The quantitative estimate of drug-likeness (QED) is 0.355. The molecule has 0 aliphatic heterocycles. The standard InChI is InChI=1S/C24H22ClN5O2S/c1-2-30-21(14-26-23(32)18-8-5-9-19(25)12-18)28-29-24(30)33-15-22(31)27-20-11-10-16-6-3-4-7-17(16)13-20/h3-13H,2,14-15H2,1H3,(H,26,32)(H,27,31). The molecule has 2 N–H and O–H groups in total. The molecule has 4 rings (SSSR count). The Kier molecular flexibility index (Phi) is 7.26. The number of aromatic nitrogens is 3. The molecule has 0 atom stereocenters. The molecule has 7 nitrogen and oxygen atoms in total. The molecule has 33 heavy (non-hydrogen) atoms. The highest BCUT2D eigenvalue weighted by Gasteiger charge is 2.15. The van der Waals surface area contributed by atoms with E-state index < -0.39 is 0 Å². The Bertz CT molecular complexity index is 1310. The van der Waals surface area contributed by atoms with Crippen molar-refractivity contribution in [2.75, 3.05) is 11.1 Å². The number of thioether (sulfide) groups is 1. The van der Waals surface area contributed by atoms with Gasteiger partial charge in [0, 0.05) is 22.8 Å². The molecule has 168 valence electrons. The molecule has 0 aliphatic rings. The summed E-state index contributed by atoms with van der Waals surface area (Å²) >= 11 is 7.26. The zero-order chi connectivity index (χ0) is 23.2. The maximum atomic E-state index is 12.5. The van der Waals surface area contributed by atoms with Crippen LogP contribution in [0.15, 0.2) is 71.9 Å². The molecular formula is C24H22ClN5O2S. The van der Waals surface area contributed by atoms with Gasteiger partial charge in [0.15, 0.2) is 11.0 Å². The van der Waals surface area contributed by atoms with E-state index in [9.17, 15) is 9.59 Å². The number of carbonyl (C=O) groups is 2. The third kappa shape index (κ3) is 5.71. The number of halogens is 1. The fourth-order valence-corrected chi connectivity index (χ4v) is 4.37. The first kappa shape index (κ1) is 22.8. The van der Waals surface area contributed by atoms with Crippen LogP contribution < -0.4 is 10.6 Å². The summed E-state index contributed by atoms with van der Waals surface area (Å²) in [5, 5.41) is 17.5. The minimum absolute atomic E-state index is 0.128. The molecule has 0 saturated carbocycles. The van der Waals surface area contributed by atoms with Gasteiger partial charge in [-0.1, -0.05) is 59.8 Å². The second-order valence-electron chi connectivity index (χ2n) is 7.23. The Hall–Kier alpha value is -3.36. The van der Waals surface area contributed by atoms with Crippen LogP contribution in [0.3, 0.4) is 0 Å². The van der Waals surface area contributed by atoms with Crippen molar-refractivity contribution < 1.29 is 9.59 Å². The molecule has 1 heterocycles. The Morgan fingerprint density at radius 2 is 1.82 bits per heavy atom. The largest absolute Gasteiger partial charge is 0.345 e. The monoisotopic (exact) mass is 479 g/mol. The molecule has 2 amide bonds. The third-order valence-corrected chi connectivity index (χ3v) is 6.17. The van der Waals surface area contributed by atoms with Crippen molar-refractivity contribution in [3.05, 3.63) is 83.1 Å². The Balaban J connectivity index is 1.34. The normalized spacial score (nSPS) is 10.8. The number of benzene rings is 3. The van der Waals surface area contributed by atoms with Crippen molar-refractivity contribution in [1.82, 2.24) is 20.1 Å². The van der Waals surface area contributed by atoms with E-state index in [0.717, 1.165) is 16.5 Å². The van der Waals surface area contributed by atoms with Crippen LogP contribution in [0.25, 0.3) is 10.8 Å². The second-order valence-corrected chi connectivity index (χ2v) is 8.61. The van der Waals surface area contributed by atoms with Crippen molar-refractivity contribution in [3.63, 3.8) is 0 Å². The van der Waals surface area contributed by atoms with E-state index in [2.05, 4.69) is 20.8 Å². The molecule has 0 unspecified atom stereocenters. The average molecular weight is 480 g/mol. The summed E-state index contributed by atoms with van der Waals surface area (Å²) in [5.74, 6) is 0.439. The highest BCUT2D eigenvalue weighted by molar-refractivity contribution is 7.99.